The highest BCUT2D eigenvalue weighted by Crippen LogP contribution is 2.21. The van der Waals surface area contributed by atoms with Crippen LogP contribution in [0.2, 0.25) is 0 Å². The predicted octanol–water partition coefficient (Wildman–Crippen LogP) is 3.44. The predicted molar refractivity (Wildman–Crippen MR) is 87.1 cm³/mol. The van der Waals surface area contributed by atoms with Crippen LogP contribution in [0.5, 0.6) is 0 Å². The van der Waals surface area contributed by atoms with Crippen LogP contribution in [-0.2, 0) is 10.0 Å². The molecule has 0 bridgehead atoms. The zero-order valence-corrected chi connectivity index (χ0v) is 13.7. The Balaban J connectivity index is 2.24. The van der Waals surface area contributed by atoms with Crippen molar-refractivity contribution in [1.29, 1.82) is 0 Å². The molecule has 2 rings (SSSR count). The largest absolute Gasteiger partial charge is 0.289 e. The maximum atomic E-state index is 12.4. The lowest BCUT2D eigenvalue weighted by Crippen LogP contribution is -2.14. The number of carbonyl (C=O) groups is 1. The van der Waals surface area contributed by atoms with E-state index in [4.69, 9.17) is 0 Å². The first kappa shape index (κ1) is 15.7. The summed E-state index contributed by atoms with van der Waals surface area (Å²) in [5.74, 6) is -0.114. The monoisotopic (exact) mass is 367 g/mol. The molecule has 0 heterocycles. The first-order valence-corrected chi connectivity index (χ1v) is 8.77. The fraction of sp³-hybridized carbons (Fsp3) is 0.133. The molecule has 0 radical (unpaired) electrons. The lowest BCUT2D eigenvalue weighted by Gasteiger charge is -2.07. The van der Waals surface area contributed by atoms with Crippen LogP contribution in [0.1, 0.15) is 22.8 Å². The van der Waals surface area contributed by atoms with E-state index in [9.17, 15) is 13.2 Å². The first-order chi connectivity index (χ1) is 9.93. The fourth-order valence-electron chi connectivity index (χ4n) is 1.74. The van der Waals surface area contributed by atoms with Crippen molar-refractivity contribution in [3.63, 3.8) is 0 Å². The maximum absolute atomic E-state index is 12.4. The Morgan fingerprint density at radius 2 is 1.71 bits per heavy atom. The number of benzene rings is 2. The third-order valence-corrected chi connectivity index (χ3v) is 4.92. The summed E-state index contributed by atoms with van der Waals surface area (Å²) < 4.78 is 26.1. The number of nitrogens with one attached hydrogen (secondary N) is 1. The van der Waals surface area contributed by atoms with Crippen molar-refractivity contribution in [3.05, 3.63) is 64.1 Å². The number of hydrogen-bond acceptors (Lipinski definition) is 3. The highest BCUT2D eigenvalue weighted by atomic mass is 79.9. The molecule has 0 aliphatic carbocycles. The molecule has 0 spiro atoms. The Morgan fingerprint density at radius 3 is 2.29 bits per heavy atom. The molecule has 0 saturated heterocycles. The maximum Gasteiger partial charge on any atom is 0.232 e. The molecule has 0 aliphatic rings. The smallest absolute Gasteiger partial charge is 0.232 e. The number of sulfonamides is 1. The molecule has 0 saturated carbocycles. The molecule has 110 valence electrons. The minimum Gasteiger partial charge on any atom is -0.289 e. The molecule has 4 nitrogen and oxygen atoms in total. The average molecular weight is 368 g/mol. The number of halogens is 1. The summed E-state index contributed by atoms with van der Waals surface area (Å²) in [6.45, 7) is 1.56. The van der Waals surface area contributed by atoms with Crippen molar-refractivity contribution in [2.75, 3.05) is 10.5 Å². The van der Waals surface area contributed by atoms with E-state index < -0.39 is 10.0 Å². The molecule has 2 aromatic carbocycles. The van der Waals surface area contributed by atoms with Crippen LogP contribution in [0.3, 0.4) is 0 Å². The molecule has 21 heavy (non-hydrogen) atoms. The summed E-state index contributed by atoms with van der Waals surface area (Å²) >= 11 is 3.35. The molecular formula is C15H14BrNO3S. The van der Waals surface area contributed by atoms with Gasteiger partial charge in [-0.25, -0.2) is 8.42 Å². The summed E-state index contributed by atoms with van der Waals surface area (Å²) in [6.07, 6.45) is 0. The van der Waals surface area contributed by atoms with Crippen LogP contribution >= 0.6 is 15.9 Å². The number of hydrogen-bond donors (Lipinski definition) is 1. The van der Waals surface area contributed by atoms with E-state index in [-0.39, 0.29) is 11.5 Å². The Bertz CT molecular complexity index is 755. The number of anilines is 1. The van der Waals surface area contributed by atoms with Gasteiger partial charge in [-0.2, -0.15) is 0 Å². The molecule has 0 amide bonds. The van der Waals surface area contributed by atoms with Gasteiger partial charge < -0.3 is 0 Å². The topological polar surface area (TPSA) is 63.2 Å². The molecule has 1 N–H and O–H groups in total. The van der Waals surface area contributed by atoms with Gasteiger partial charge in [0, 0.05) is 21.3 Å². The lowest BCUT2D eigenvalue weighted by molar-refractivity contribution is 0.103. The third-order valence-electron chi connectivity index (χ3n) is 2.92. The van der Waals surface area contributed by atoms with Crippen molar-refractivity contribution >= 4 is 37.4 Å². The van der Waals surface area contributed by atoms with Gasteiger partial charge in [-0.15, -0.1) is 0 Å². The van der Waals surface area contributed by atoms with Crippen LogP contribution < -0.4 is 4.72 Å². The second-order valence-electron chi connectivity index (χ2n) is 4.39. The molecular weight excluding hydrogens is 354 g/mol. The van der Waals surface area contributed by atoms with Gasteiger partial charge in [0.15, 0.2) is 5.78 Å². The minimum absolute atomic E-state index is 0.00461. The fourth-order valence-corrected chi connectivity index (χ4v) is 2.85. The van der Waals surface area contributed by atoms with E-state index in [1.165, 1.54) is 0 Å². The normalized spacial score (nSPS) is 11.1. The molecule has 6 heteroatoms. The van der Waals surface area contributed by atoms with Crippen LogP contribution in [0.25, 0.3) is 0 Å². The zero-order valence-electron chi connectivity index (χ0n) is 11.3. The van der Waals surface area contributed by atoms with Crippen molar-refractivity contribution < 1.29 is 13.2 Å². The van der Waals surface area contributed by atoms with E-state index in [0.29, 0.717) is 16.8 Å². The number of rotatable bonds is 5. The Morgan fingerprint density at radius 1 is 1.10 bits per heavy atom. The standard InChI is InChI=1S/C15H14BrNO3S/c1-2-21(19,20)17-12-9-7-11(8-10-12)15(18)13-5-3-4-6-14(13)16/h3-10,17H,2H2,1H3. The second-order valence-corrected chi connectivity index (χ2v) is 7.26. The Labute approximate surface area is 132 Å². The van der Waals surface area contributed by atoms with Crippen LogP contribution in [0, 0.1) is 0 Å². The molecule has 2 aromatic rings. The van der Waals surface area contributed by atoms with Gasteiger partial charge in [0.25, 0.3) is 0 Å². The SMILES string of the molecule is CCS(=O)(=O)Nc1ccc(C(=O)c2ccccc2Br)cc1. The van der Waals surface area contributed by atoms with E-state index in [2.05, 4.69) is 20.7 Å². The Kier molecular flexibility index (Phi) is 4.80. The van der Waals surface area contributed by atoms with Gasteiger partial charge in [0.2, 0.25) is 10.0 Å². The van der Waals surface area contributed by atoms with E-state index >= 15 is 0 Å². The van der Waals surface area contributed by atoms with Gasteiger partial charge in [0.05, 0.1) is 5.75 Å². The van der Waals surface area contributed by atoms with Gasteiger partial charge in [-0.05, 0) is 43.3 Å². The quantitative estimate of drug-likeness (QED) is 0.823. The van der Waals surface area contributed by atoms with Gasteiger partial charge >= 0.3 is 0 Å². The summed E-state index contributed by atoms with van der Waals surface area (Å²) in [6, 6.07) is 13.5. The highest BCUT2D eigenvalue weighted by Gasteiger charge is 2.12. The van der Waals surface area contributed by atoms with E-state index in [1.807, 2.05) is 6.07 Å². The molecule has 0 fully saturated rings. The molecule has 0 unspecified atom stereocenters. The van der Waals surface area contributed by atoms with Crippen LogP contribution in [0.15, 0.2) is 53.0 Å². The number of ketones is 1. The summed E-state index contributed by atoms with van der Waals surface area (Å²) in [5.41, 5.74) is 1.52. The average Bonchev–Trinajstić information content (AvgIpc) is 2.47. The summed E-state index contributed by atoms with van der Waals surface area (Å²) in [4.78, 5) is 12.4. The second kappa shape index (κ2) is 6.41. The summed E-state index contributed by atoms with van der Waals surface area (Å²) in [5, 5.41) is 0. The number of carbonyl (C=O) groups excluding carboxylic acids is 1. The zero-order chi connectivity index (χ0) is 15.5. The van der Waals surface area contributed by atoms with Gasteiger partial charge in [-0.3, -0.25) is 9.52 Å². The van der Waals surface area contributed by atoms with Crippen molar-refractivity contribution in [1.82, 2.24) is 0 Å². The van der Waals surface area contributed by atoms with Crippen molar-refractivity contribution in [2.45, 2.75) is 6.92 Å². The third kappa shape index (κ3) is 3.92. The Hall–Kier alpha value is -1.66. The highest BCUT2D eigenvalue weighted by molar-refractivity contribution is 9.10. The first-order valence-electron chi connectivity index (χ1n) is 6.33. The van der Waals surface area contributed by atoms with E-state index in [0.717, 1.165) is 4.47 Å². The van der Waals surface area contributed by atoms with Crippen molar-refractivity contribution in [2.24, 2.45) is 0 Å². The molecule has 0 atom stereocenters. The minimum atomic E-state index is -3.31. The van der Waals surface area contributed by atoms with Gasteiger partial charge in [0.1, 0.15) is 0 Å². The van der Waals surface area contributed by atoms with Crippen molar-refractivity contribution in [3.8, 4) is 0 Å². The van der Waals surface area contributed by atoms with Crippen LogP contribution in [-0.4, -0.2) is 20.0 Å². The molecule has 0 aromatic heterocycles. The lowest BCUT2D eigenvalue weighted by atomic mass is 10.0. The summed E-state index contributed by atoms with van der Waals surface area (Å²) in [7, 11) is -3.31. The molecule has 0 aliphatic heterocycles. The van der Waals surface area contributed by atoms with E-state index in [1.54, 1.807) is 49.4 Å². The van der Waals surface area contributed by atoms with Gasteiger partial charge in [-0.1, -0.05) is 28.1 Å². The van der Waals surface area contributed by atoms with Crippen LogP contribution in [0.4, 0.5) is 5.69 Å².